The Morgan fingerprint density at radius 1 is 0.871 bits per heavy atom. The summed E-state index contributed by atoms with van der Waals surface area (Å²) in [6.07, 6.45) is -0.420. The van der Waals surface area contributed by atoms with Crippen LogP contribution in [-0.2, 0) is 14.3 Å². The summed E-state index contributed by atoms with van der Waals surface area (Å²) in [6.45, 7) is 1.82. The number of esters is 2. The van der Waals surface area contributed by atoms with Crippen molar-refractivity contribution in [3.8, 4) is 5.75 Å². The van der Waals surface area contributed by atoms with Gasteiger partial charge in [0.2, 0.25) is 0 Å². The van der Waals surface area contributed by atoms with Crippen LogP contribution >= 0.6 is 0 Å². The molecule has 0 saturated carbocycles. The highest BCUT2D eigenvalue weighted by atomic mass is 16.5. The number of benzene rings is 3. The third-order valence-corrected chi connectivity index (χ3v) is 4.77. The fourth-order valence-corrected chi connectivity index (χ4v) is 3.12. The molecule has 0 fully saturated rings. The fraction of sp³-hybridized carbons (Fsp3) is 0.208. The van der Waals surface area contributed by atoms with E-state index in [2.05, 4.69) is 5.32 Å². The van der Waals surface area contributed by atoms with Crippen LogP contribution in [0.3, 0.4) is 0 Å². The van der Waals surface area contributed by atoms with Gasteiger partial charge in [-0.05, 0) is 47.5 Å². The molecule has 7 nitrogen and oxygen atoms in total. The summed E-state index contributed by atoms with van der Waals surface area (Å²) in [5, 5.41) is 4.74. The molecule has 0 aliphatic carbocycles. The molecule has 3 aromatic rings. The molecule has 0 aliphatic heterocycles. The van der Waals surface area contributed by atoms with Crippen molar-refractivity contribution in [2.24, 2.45) is 0 Å². The molecule has 0 aromatic heterocycles. The maximum atomic E-state index is 12.9. The van der Waals surface area contributed by atoms with Gasteiger partial charge in [0.1, 0.15) is 5.75 Å². The molecule has 0 radical (unpaired) electrons. The van der Waals surface area contributed by atoms with Crippen molar-refractivity contribution < 1.29 is 28.6 Å². The highest BCUT2D eigenvalue weighted by Crippen LogP contribution is 2.24. The molecule has 1 atom stereocenters. The van der Waals surface area contributed by atoms with Gasteiger partial charge < -0.3 is 19.5 Å². The van der Waals surface area contributed by atoms with E-state index in [1.807, 2.05) is 43.3 Å². The molecule has 0 unspecified atom stereocenters. The Labute approximate surface area is 179 Å². The van der Waals surface area contributed by atoms with E-state index in [1.54, 1.807) is 6.07 Å². The second-order valence-electron chi connectivity index (χ2n) is 6.76. The fourth-order valence-electron chi connectivity index (χ4n) is 3.12. The van der Waals surface area contributed by atoms with Crippen LogP contribution in [-0.4, -0.2) is 38.2 Å². The molecule has 31 heavy (non-hydrogen) atoms. The maximum absolute atomic E-state index is 12.9. The number of methoxy groups -OCH3 is 2. The SMILES string of the molecule is CC[C@@H](Oc1ccc2ccccc2c1)C(=O)Nc1cc(C(=O)OC)ccc1C(=O)OC. The molecule has 3 rings (SSSR count). The molecule has 3 aromatic carbocycles. The molecule has 0 spiro atoms. The van der Waals surface area contributed by atoms with Crippen molar-refractivity contribution in [3.63, 3.8) is 0 Å². The van der Waals surface area contributed by atoms with Gasteiger partial charge in [0.25, 0.3) is 5.91 Å². The Kier molecular flexibility index (Phi) is 6.87. The minimum atomic E-state index is -0.812. The lowest BCUT2D eigenvalue weighted by atomic mass is 10.1. The molecule has 1 amide bonds. The third kappa shape index (κ3) is 5.01. The van der Waals surface area contributed by atoms with Gasteiger partial charge in [0.05, 0.1) is 31.0 Å². The minimum absolute atomic E-state index is 0.115. The topological polar surface area (TPSA) is 90.9 Å². The Morgan fingerprint density at radius 2 is 1.58 bits per heavy atom. The van der Waals surface area contributed by atoms with E-state index in [0.717, 1.165) is 10.8 Å². The smallest absolute Gasteiger partial charge is 0.339 e. The van der Waals surface area contributed by atoms with Crippen LogP contribution in [0, 0.1) is 0 Å². The zero-order valence-electron chi connectivity index (χ0n) is 17.5. The number of carbonyl (C=O) groups is 3. The van der Waals surface area contributed by atoms with Crippen LogP contribution < -0.4 is 10.1 Å². The average molecular weight is 421 g/mol. The first-order valence-electron chi connectivity index (χ1n) is 9.73. The van der Waals surface area contributed by atoms with Crippen molar-refractivity contribution in [2.75, 3.05) is 19.5 Å². The number of anilines is 1. The quantitative estimate of drug-likeness (QED) is 0.575. The molecule has 0 aliphatic rings. The molecule has 0 heterocycles. The van der Waals surface area contributed by atoms with Crippen molar-refractivity contribution in [1.82, 2.24) is 0 Å². The third-order valence-electron chi connectivity index (χ3n) is 4.77. The Balaban J connectivity index is 1.84. The van der Waals surface area contributed by atoms with E-state index in [0.29, 0.717) is 12.2 Å². The van der Waals surface area contributed by atoms with E-state index >= 15 is 0 Å². The number of fused-ring (bicyclic) bond motifs is 1. The minimum Gasteiger partial charge on any atom is -0.481 e. The highest BCUT2D eigenvalue weighted by molar-refractivity contribution is 6.04. The molecule has 7 heteroatoms. The normalized spacial score (nSPS) is 11.5. The molecule has 1 N–H and O–H groups in total. The summed E-state index contributed by atoms with van der Waals surface area (Å²) >= 11 is 0. The number of nitrogens with one attached hydrogen (secondary N) is 1. The van der Waals surface area contributed by atoms with Crippen molar-refractivity contribution >= 4 is 34.3 Å². The van der Waals surface area contributed by atoms with Crippen molar-refractivity contribution in [2.45, 2.75) is 19.4 Å². The largest absolute Gasteiger partial charge is 0.481 e. The summed E-state index contributed by atoms with van der Waals surface area (Å²) in [5.74, 6) is -1.14. The summed E-state index contributed by atoms with van der Waals surface area (Å²) < 4.78 is 15.4. The number of ether oxygens (including phenoxy) is 3. The number of carbonyl (C=O) groups excluding carboxylic acids is 3. The van der Waals surface area contributed by atoms with Crippen LogP contribution in [0.5, 0.6) is 5.75 Å². The standard InChI is InChI=1S/C24H23NO6/c1-4-21(31-18-11-9-15-7-5-6-8-16(15)13-18)22(26)25-20-14-17(23(27)29-2)10-12-19(20)24(28)30-3/h5-14,21H,4H2,1-3H3,(H,25,26)/t21-/m1/s1. The lowest BCUT2D eigenvalue weighted by Crippen LogP contribution is -2.33. The summed E-state index contributed by atoms with van der Waals surface area (Å²) in [4.78, 5) is 36.9. The van der Waals surface area contributed by atoms with Gasteiger partial charge in [0, 0.05) is 0 Å². The predicted octanol–water partition coefficient (Wildman–Crippen LogP) is 4.21. The number of rotatable bonds is 7. The Morgan fingerprint density at radius 3 is 2.26 bits per heavy atom. The van der Waals surface area contributed by atoms with Gasteiger partial charge in [-0.25, -0.2) is 9.59 Å². The second kappa shape index (κ2) is 9.75. The maximum Gasteiger partial charge on any atom is 0.339 e. The number of hydrogen-bond acceptors (Lipinski definition) is 6. The van der Waals surface area contributed by atoms with Crippen LogP contribution in [0.1, 0.15) is 34.1 Å². The van der Waals surface area contributed by atoms with E-state index in [4.69, 9.17) is 14.2 Å². The van der Waals surface area contributed by atoms with E-state index in [9.17, 15) is 14.4 Å². The van der Waals surface area contributed by atoms with Gasteiger partial charge in [-0.1, -0.05) is 37.3 Å². The monoisotopic (exact) mass is 421 g/mol. The summed E-state index contributed by atoms with van der Waals surface area (Å²) in [6, 6.07) is 17.6. The summed E-state index contributed by atoms with van der Waals surface area (Å²) in [7, 11) is 2.49. The van der Waals surface area contributed by atoms with Crippen molar-refractivity contribution in [1.29, 1.82) is 0 Å². The molecular weight excluding hydrogens is 398 g/mol. The molecule has 160 valence electrons. The van der Waals surface area contributed by atoms with Crippen molar-refractivity contribution in [3.05, 3.63) is 71.8 Å². The molecule has 0 bridgehead atoms. The zero-order valence-corrected chi connectivity index (χ0v) is 17.5. The van der Waals surface area contributed by atoms with Crippen LogP contribution in [0.15, 0.2) is 60.7 Å². The average Bonchev–Trinajstić information content (AvgIpc) is 2.81. The first kappa shape index (κ1) is 21.8. The zero-order chi connectivity index (χ0) is 22.4. The van der Waals surface area contributed by atoms with E-state index in [1.165, 1.54) is 32.4 Å². The second-order valence-corrected chi connectivity index (χ2v) is 6.76. The Bertz CT molecular complexity index is 1120. The van der Waals surface area contributed by atoms with E-state index < -0.39 is 23.9 Å². The number of amides is 1. The Hall–Kier alpha value is -3.87. The highest BCUT2D eigenvalue weighted by Gasteiger charge is 2.23. The molecular formula is C24H23NO6. The molecule has 0 saturated heterocycles. The van der Waals surface area contributed by atoms with Gasteiger partial charge in [0.15, 0.2) is 6.10 Å². The van der Waals surface area contributed by atoms with Gasteiger partial charge >= 0.3 is 11.9 Å². The van der Waals surface area contributed by atoms with Gasteiger partial charge in [-0.2, -0.15) is 0 Å². The first-order chi connectivity index (χ1) is 15.0. The summed E-state index contributed by atoms with van der Waals surface area (Å²) in [5.41, 5.74) is 0.443. The first-order valence-corrected chi connectivity index (χ1v) is 9.73. The van der Waals surface area contributed by atoms with Gasteiger partial charge in [-0.3, -0.25) is 4.79 Å². The van der Waals surface area contributed by atoms with Crippen LogP contribution in [0.2, 0.25) is 0 Å². The lowest BCUT2D eigenvalue weighted by Gasteiger charge is -2.19. The van der Waals surface area contributed by atoms with Crippen LogP contribution in [0.4, 0.5) is 5.69 Å². The number of hydrogen-bond donors (Lipinski definition) is 1. The predicted molar refractivity (Wildman–Crippen MR) is 116 cm³/mol. The lowest BCUT2D eigenvalue weighted by molar-refractivity contribution is -0.122. The van der Waals surface area contributed by atoms with Gasteiger partial charge in [-0.15, -0.1) is 0 Å². The van der Waals surface area contributed by atoms with Crippen LogP contribution in [0.25, 0.3) is 10.8 Å². The van der Waals surface area contributed by atoms with E-state index in [-0.39, 0.29) is 16.8 Å².